The third kappa shape index (κ3) is 3.45. The molecule has 0 saturated carbocycles. The molecular formula is C14H22FN3O4. The van der Waals surface area contributed by atoms with Gasteiger partial charge in [-0.3, -0.25) is 4.57 Å². The Morgan fingerprint density at radius 2 is 2.14 bits per heavy atom. The third-order valence-corrected chi connectivity index (χ3v) is 3.73. The maximum atomic E-state index is 14.0. The molecule has 8 heteroatoms. The molecule has 1 fully saturated rings. The Hall–Kier alpha value is -1.51. The zero-order chi connectivity index (χ0) is 16.3. The van der Waals surface area contributed by atoms with Crippen LogP contribution < -0.4 is 11.0 Å². The Kier molecular flexibility index (Phi) is 5.49. The molecule has 0 aromatic carbocycles. The highest BCUT2D eigenvalue weighted by Gasteiger charge is 2.42. The SMILES string of the molecule is CCCCCNc1nc(=O)n([C@@H]2O[C@H](C)[C@@H](O)[C@H]2O)cc1F. The van der Waals surface area contributed by atoms with Crippen molar-refractivity contribution < 1.29 is 19.3 Å². The lowest BCUT2D eigenvalue weighted by Gasteiger charge is -2.18. The highest BCUT2D eigenvalue weighted by molar-refractivity contribution is 5.34. The van der Waals surface area contributed by atoms with E-state index in [2.05, 4.69) is 17.2 Å². The molecule has 1 aliphatic heterocycles. The molecule has 3 N–H and O–H groups in total. The van der Waals surface area contributed by atoms with Gasteiger partial charge in [0, 0.05) is 6.54 Å². The molecule has 7 nitrogen and oxygen atoms in total. The van der Waals surface area contributed by atoms with E-state index in [1.807, 2.05) is 0 Å². The Labute approximate surface area is 127 Å². The van der Waals surface area contributed by atoms with Gasteiger partial charge in [0.15, 0.2) is 17.9 Å². The van der Waals surface area contributed by atoms with Crippen LogP contribution in [-0.4, -0.2) is 44.6 Å². The van der Waals surface area contributed by atoms with Gasteiger partial charge in [0.2, 0.25) is 0 Å². The van der Waals surface area contributed by atoms with Crippen molar-refractivity contribution in [1.29, 1.82) is 0 Å². The molecule has 0 spiro atoms. The highest BCUT2D eigenvalue weighted by atomic mass is 19.1. The number of rotatable bonds is 6. The van der Waals surface area contributed by atoms with Crippen LogP contribution in [0.5, 0.6) is 0 Å². The molecule has 1 aromatic heterocycles. The van der Waals surface area contributed by atoms with Gasteiger partial charge in [-0.25, -0.2) is 9.18 Å². The molecule has 1 saturated heterocycles. The van der Waals surface area contributed by atoms with E-state index in [9.17, 15) is 19.4 Å². The summed E-state index contributed by atoms with van der Waals surface area (Å²) in [5.74, 6) is -0.820. The molecule has 22 heavy (non-hydrogen) atoms. The van der Waals surface area contributed by atoms with Gasteiger partial charge in [-0.1, -0.05) is 19.8 Å². The van der Waals surface area contributed by atoms with E-state index in [4.69, 9.17) is 4.74 Å². The first kappa shape index (κ1) is 16.9. The molecule has 0 unspecified atom stereocenters. The summed E-state index contributed by atoms with van der Waals surface area (Å²) in [7, 11) is 0. The summed E-state index contributed by atoms with van der Waals surface area (Å²) in [6, 6.07) is 0. The van der Waals surface area contributed by atoms with E-state index in [1.54, 1.807) is 6.92 Å². The molecule has 2 rings (SSSR count). The summed E-state index contributed by atoms with van der Waals surface area (Å²) in [4.78, 5) is 15.6. The van der Waals surface area contributed by atoms with Gasteiger partial charge in [-0.2, -0.15) is 4.98 Å². The molecular weight excluding hydrogens is 293 g/mol. The van der Waals surface area contributed by atoms with E-state index in [0.29, 0.717) is 6.54 Å². The minimum Gasteiger partial charge on any atom is -0.388 e. The fraction of sp³-hybridized carbons (Fsp3) is 0.714. The zero-order valence-electron chi connectivity index (χ0n) is 12.7. The molecule has 2 heterocycles. The summed E-state index contributed by atoms with van der Waals surface area (Å²) in [5.41, 5.74) is -0.746. The van der Waals surface area contributed by atoms with Crippen LogP contribution in [0.4, 0.5) is 10.2 Å². The summed E-state index contributed by atoms with van der Waals surface area (Å²) in [6.45, 7) is 4.15. The second-order valence-corrected chi connectivity index (χ2v) is 5.47. The van der Waals surface area contributed by atoms with Crippen LogP contribution in [0.3, 0.4) is 0 Å². The van der Waals surface area contributed by atoms with E-state index in [1.165, 1.54) is 0 Å². The molecule has 0 amide bonds. The lowest BCUT2D eigenvalue weighted by Crippen LogP contribution is -2.36. The Balaban J connectivity index is 2.15. The molecule has 1 aliphatic rings. The molecule has 0 radical (unpaired) electrons. The highest BCUT2D eigenvalue weighted by Crippen LogP contribution is 2.28. The Bertz CT molecular complexity index is 566. The normalized spacial score (nSPS) is 28.0. The smallest absolute Gasteiger partial charge is 0.351 e. The zero-order valence-corrected chi connectivity index (χ0v) is 12.7. The maximum absolute atomic E-state index is 14.0. The van der Waals surface area contributed by atoms with E-state index in [-0.39, 0.29) is 5.82 Å². The summed E-state index contributed by atoms with van der Waals surface area (Å²) >= 11 is 0. The van der Waals surface area contributed by atoms with Gasteiger partial charge in [-0.05, 0) is 13.3 Å². The Morgan fingerprint density at radius 1 is 1.41 bits per heavy atom. The van der Waals surface area contributed by atoms with Crippen molar-refractivity contribution in [3.05, 3.63) is 22.5 Å². The van der Waals surface area contributed by atoms with Gasteiger partial charge >= 0.3 is 5.69 Å². The molecule has 0 aliphatic carbocycles. The Morgan fingerprint density at radius 3 is 2.73 bits per heavy atom. The van der Waals surface area contributed by atoms with Gasteiger partial charge < -0.3 is 20.3 Å². The number of aliphatic hydroxyl groups is 2. The van der Waals surface area contributed by atoms with Crippen molar-refractivity contribution in [3.8, 4) is 0 Å². The molecule has 0 bridgehead atoms. The fourth-order valence-electron chi connectivity index (χ4n) is 2.39. The molecule has 4 atom stereocenters. The summed E-state index contributed by atoms with van der Waals surface area (Å²) in [6.07, 6.45) is -0.398. The first-order chi connectivity index (χ1) is 10.5. The van der Waals surface area contributed by atoms with Crippen molar-refractivity contribution in [2.45, 2.75) is 57.6 Å². The second-order valence-electron chi connectivity index (χ2n) is 5.47. The topological polar surface area (TPSA) is 96.6 Å². The lowest BCUT2D eigenvalue weighted by atomic mass is 10.1. The molecule has 1 aromatic rings. The summed E-state index contributed by atoms with van der Waals surface area (Å²) < 4.78 is 20.2. The van der Waals surface area contributed by atoms with E-state index in [0.717, 1.165) is 30.0 Å². The minimum atomic E-state index is -1.31. The van der Waals surface area contributed by atoms with Crippen LogP contribution in [-0.2, 0) is 4.74 Å². The van der Waals surface area contributed by atoms with Gasteiger partial charge in [0.05, 0.1) is 12.3 Å². The number of hydrogen-bond donors (Lipinski definition) is 3. The largest absolute Gasteiger partial charge is 0.388 e. The predicted octanol–water partition coefficient (Wildman–Crippen LogP) is 0.624. The van der Waals surface area contributed by atoms with Crippen LogP contribution in [0.25, 0.3) is 0 Å². The average Bonchev–Trinajstić information content (AvgIpc) is 2.74. The van der Waals surface area contributed by atoms with Crippen LogP contribution >= 0.6 is 0 Å². The van der Waals surface area contributed by atoms with Crippen molar-refractivity contribution >= 4 is 5.82 Å². The number of hydrogen-bond acceptors (Lipinski definition) is 6. The third-order valence-electron chi connectivity index (χ3n) is 3.73. The first-order valence-corrected chi connectivity index (χ1v) is 7.49. The molecule has 124 valence electrons. The number of ether oxygens (including phenoxy) is 1. The van der Waals surface area contributed by atoms with E-state index < -0.39 is 36.0 Å². The number of aromatic nitrogens is 2. The van der Waals surface area contributed by atoms with Crippen molar-refractivity contribution in [2.24, 2.45) is 0 Å². The van der Waals surface area contributed by atoms with Crippen molar-refractivity contribution in [1.82, 2.24) is 9.55 Å². The monoisotopic (exact) mass is 315 g/mol. The summed E-state index contributed by atoms with van der Waals surface area (Å²) in [5, 5.41) is 22.3. The maximum Gasteiger partial charge on any atom is 0.351 e. The quantitative estimate of drug-likeness (QED) is 0.666. The fourth-order valence-corrected chi connectivity index (χ4v) is 2.39. The first-order valence-electron chi connectivity index (χ1n) is 7.49. The van der Waals surface area contributed by atoms with Gasteiger partial charge in [-0.15, -0.1) is 0 Å². The number of anilines is 1. The number of nitrogens with zero attached hydrogens (tertiary/aromatic N) is 2. The van der Waals surface area contributed by atoms with Gasteiger partial charge in [0.25, 0.3) is 0 Å². The van der Waals surface area contributed by atoms with Crippen LogP contribution in [0.2, 0.25) is 0 Å². The standard InChI is InChI=1S/C14H22FN3O4/c1-3-4-5-6-16-12-9(15)7-18(14(21)17-12)13-11(20)10(19)8(2)22-13/h7-8,10-11,13,19-20H,3-6H2,1-2H3,(H,16,17,21)/t8-,10-,11-,13-/m1/s1. The average molecular weight is 315 g/mol. The predicted molar refractivity (Wildman–Crippen MR) is 78.1 cm³/mol. The van der Waals surface area contributed by atoms with Gasteiger partial charge in [0.1, 0.15) is 12.2 Å². The second kappa shape index (κ2) is 7.17. The van der Waals surface area contributed by atoms with Crippen molar-refractivity contribution in [3.63, 3.8) is 0 Å². The number of unbranched alkanes of at least 4 members (excludes halogenated alkanes) is 2. The van der Waals surface area contributed by atoms with E-state index >= 15 is 0 Å². The van der Waals surface area contributed by atoms with Crippen LogP contribution in [0, 0.1) is 5.82 Å². The van der Waals surface area contributed by atoms with Crippen molar-refractivity contribution in [2.75, 3.05) is 11.9 Å². The number of nitrogens with one attached hydrogen (secondary N) is 1. The van der Waals surface area contributed by atoms with Crippen LogP contribution in [0.1, 0.15) is 39.3 Å². The lowest BCUT2D eigenvalue weighted by molar-refractivity contribution is -0.0355. The van der Waals surface area contributed by atoms with Crippen LogP contribution in [0.15, 0.2) is 11.0 Å². The number of halogens is 1. The minimum absolute atomic E-state index is 0.113. The number of aliphatic hydroxyl groups excluding tert-OH is 2.